The maximum atomic E-state index is 6.00. The maximum Gasteiger partial charge on any atom is 0.0254 e. The maximum absolute atomic E-state index is 6.00. The minimum Gasteiger partial charge on any atom is -0.126 e. The molecule has 0 rings (SSSR count). The summed E-state index contributed by atoms with van der Waals surface area (Å²) in [7, 11) is 0. The van der Waals surface area contributed by atoms with Crippen molar-refractivity contribution >= 4 is 11.6 Å². The first-order valence-corrected chi connectivity index (χ1v) is 6.75. The number of hydrogen-bond donors (Lipinski definition) is 0. The summed E-state index contributed by atoms with van der Waals surface area (Å²) in [6.45, 7) is 9.17. The Hall–Kier alpha value is 0.290. The van der Waals surface area contributed by atoms with E-state index in [4.69, 9.17) is 11.6 Å². The van der Waals surface area contributed by atoms with Crippen LogP contribution in [-0.2, 0) is 0 Å². The van der Waals surface area contributed by atoms with Crippen molar-refractivity contribution in [2.24, 2.45) is 17.8 Å². The summed E-state index contributed by atoms with van der Waals surface area (Å²) in [6.07, 6.45) is 6.75. The summed E-state index contributed by atoms with van der Waals surface area (Å²) in [4.78, 5) is 0. The first-order chi connectivity index (χ1) is 6.65. The quantitative estimate of drug-likeness (QED) is 0.497. The third-order valence-electron chi connectivity index (χ3n) is 3.32. The van der Waals surface area contributed by atoms with E-state index in [-0.39, 0.29) is 0 Å². The molecular weight excluding hydrogens is 192 g/mol. The summed E-state index contributed by atoms with van der Waals surface area (Å²) >= 11 is 6.00. The van der Waals surface area contributed by atoms with Crippen LogP contribution in [0.1, 0.15) is 59.8 Å². The zero-order valence-corrected chi connectivity index (χ0v) is 11.1. The Morgan fingerprint density at radius 1 is 1.14 bits per heavy atom. The minimum absolute atomic E-state index is 0.721. The number of halogens is 1. The molecule has 2 unspecified atom stereocenters. The molecule has 0 radical (unpaired) electrons. The average Bonchev–Trinajstić information content (AvgIpc) is 2.18. The van der Waals surface area contributed by atoms with Crippen molar-refractivity contribution in [3.8, 4) is 0 Å². The monoisotopic (exact) mass is 218 g/mol. The lowest BCUT2D eigenvalue weighted by molar-refractivity contribution is 0.300. The molecule has 2 atom stereocenters. The Morgan fingerprint density at radius 3 is 2.14 bits per heavy atom. The first kappa shape index (κ1) is 14.3. The van der Waals surface area contributed by atoms with Gasteiger partial charge in [-0.25, -0.2) is 0 Å². The number of hydrogen-bond acceptors (Lipinski definition) is 0. The molecule has 0 aliphatic heterocycles. The van der Waals surface area contributed by atoms with Crippen LogP contribution in [0.5, 0.6) is 0 Å². The van der Waals surface area contributed by atoms with Crippen LogP contribution in [0.2, 0.25) is 0 Å². The van der Waals surface area contributed by atoms with Gasteiger partial charge < -0.3 is 0 Å². The fraction of sp³-hybridized carbons (Fsp3) is 1.00. The third-order valence-corrected chi connectivity index (χ3v) is 3.72. The lowest BCUT2D eigenvalue weighted by Crippen LogP contribution is -2.15. The summed E-state index contributed by atoms with van der Waals surface area (Å²) in [5.41, 5.74) is 0. The van der Waals surface area contributed by atoms with Crippen LogP contribution in [0.4, 0.5) is 0 Å². The molecule has 0 aliphatic rings. The molecule has 0 N–H and O–H groups in total. The summed E-state index contributed by atoms with van der Waals surface area (Å²) in [5, 5.41) is 0. The highest BCUT2D eigenvalue weighted by atomic mass is 35.5. The van der Waals surface area contributed by atoms with E-state index in [1.807, 2.05) is 0 Å². The van der Waals surface area contributed by atoms with Crippen molar-refractivity contribution in [3.63, 3.8) is 0 Å². The Morgan fingerprint density at radius 2 is 1.79 bits per heavy atom. The standard InChI is InChI=1S/C13H27Cl/c1-5-7-8-12(6-2)9-13(10-14)11(3)4/h11-13H,5-10H2,1-4H3. The summed E-state index contributed by atoms with van der Waals surface area (Å²) in [6, 6.07) is 0. The molecule has 86 valence electrons. The lowest BCUT2D eigenvalue weighted by Gasteiger charge is -2.23. The van der Waals surface area contributed by atoms with Crippen LogP contribution in [0.25, 0.3) is 0 Å². The zero-order chi connectivity index (χ0) is 11.0. The highest BCUT2D eigenvalue weighted by molar-refractivity contribution is 6.18. The number of unbranched alkanes of at least 4 members (excludes halogenated alkanes) is 1. The largest absolute Gasteiger partial charge is 0.126 e. The summed E-state index contributed by atoms with van der Waals surface area (Å²) in [5.74, 6) is 3.20. The van der Waals surface area contributed by atoms with Gasteiger partial charge in [-0.15, -0.1) is 11.6 Å². The highest BCUT2D eigenvalue weighted by Crippen LogP contribution is 2.26. The van der Waals surface area contributed by atoms with Crippen LogP contribution < -0.4 is 0 Å². The smallest absolute Gasteiger partial charge is 0.0254 e. The molecule has 0 saturated carbocycles. The molecule has 0 nitrogen and oxygen atoms in total. The molecule has 0 heterocycles. The molecule has 0 saturated heterocycles. The van der Waals surface area contributed by atoms with Crippen LogP contribution >= 0.6 is 11.6 Å². The first-order valence-electron chi connectivity index (χ1n) is 6.21. The van der Waals surface area contributed by atoms with Gasteiger partial charge in [-0.3, -0.25) is 0 Å². The second-order valence-electron chi connectivity index (χ2n) is 4.81. The SMILES string of the molecule is CCCCC(CC)CC(CCl)C(C)C. The highest BCUT2D eigenvalue weighted by Gasteiger charge is 2.17. The number of alkyl halides is 1. The van der Waals surface area contributed by atoms with E-state index >= 15 is 0 Å². The van der Waals surface area contributed by atoms with Gasteiger partial charge in [0.25, 0.3) is 0 Å². The molecule has 0 bridgehead atoms. The van der Waals surface area contributed by atoms with Crippen molar-refractivity contribution in [3.05, 3.63) is 0 Å². The Labute approximate surface area is 95.4 Å². The third kappa shape index (κ3) is 5.90. The van der Waals surface area contributed by atoms with E-state index in [0.29, 0.717) is 0 Å². The molecule has 14 heavy (non-hydrogen) atoms. The van der Waals surface area contributed by atoms with Gasteiger partial charge in [-0.1, -0.05) is 53.4 Å². The van der Waals surface area contributed by atoms with Gasteiger partial charge in [-0.2, -0.15) is 0 Å². The predicted octanol–water partition coefficient (Wildman–Crippen LogP) is 5.10. The van der Waals surface area contributed by atoms with E-state index in [0.717, 1.165) is 23.6 Å². The van der Waals surface area contributed by atoms with Crippen LogP contribution in [-0.4, -0.2) is 5.88 Å². The van der Waals surface area contributed by atoms with Crippen molar-refractivity contribution in [2.45, 2.75) is 59.8 Å². The molecular formula is C13H27Cl. The van der Waals surface area contributed by atoms with E-state index in [2.05, 4.69) is 27.7 Å². The Kier molecular flexibility index (Phi) is 8.76. The van der Waals surface area contributed by atoms with Crippen molar-refractivity contribution in [1.82, 2.24) is 0 Å². The van der Waals surface area contributed by atoms with Gasteiger partial charge in [0.15, 0.2) is 0 Å². The summed E-state index contributed by atoms with van der Waals surface area (Å²) < 4.78 is 0. The topological polar surface area (TPSA) is 0 Å². The fourth-order valence-electron chi connectivity index (χ4n) is 1.92. The second kappa shape index (κ2) is 8.59. The Bertz CT molecular complexity index is 120. The van der Waals surface area contributed by atoms with E-state index in [1.165, 1.54) is 32.1 Å². The molecule has 0 aromatic carbocycles. The van der Waals surface area contributed by atoms with E-state index < -0.39 is 0 Å². The predicted molar refractivity (Wildman–Crippen MR) is 67.0 cm³/mol. The molecule has 0 aromatic heterocycles. The van der Waals surface area contributed by atoms with Crippen LogP contribution in [0.15, 0.2) is 0 Å². The average molecular weight is 219 g/mol. The van der Waals surface area contributed by atoms with Crippen LogP contribution in [0, 0.1) is 17.8 Å². The minimum atomic E-state index is 0.721. The van der Waals surface area contributed by atoms with E-state index in [1.54, 1.807) is 0 Å². The van der Waals surface area contributed by atoms with Gasteiger partial charge in [-0.05, 0) is 24.2 Å². The van der Waals surface area contributed by atoms with Gasteiger partial charge in [0.05, 0.1) is 0 Å². The molecule has 0 aromatic rings. The molecule has 1 heteroatoms. The molecule has 0 aliphatic carbocycles. The van der Waals surface area contributed by atoms with Gasteiger partial charge in [0.1, 0.15) is 0 Å². The van der Waals surface area contributed by atoms with Gasteiger partial charge in [0, 0.05) is 5.88 Å². The fourth-order valence-corrected chi connectivity index (χ4v) is 2.41. The van der Waals surface area contributed by atoms with Gasteiger partial charge in [0.2, 0.25) is 0 Å². The van der Waals surface area contributed by atoms with Gasteiger partial charge >= 0.3 is 0 Å². The molecule has 0 amide bonds. The van der Waals surface area contributed by atoms with Crippen molar-refractivity contribution < 1.29 is 0 Å². The van der Waals surface area contributed by atoms with Crippen molar-refractivity contribution in [2.75, 3.05) is 5.88 Å². The number of rotatable bonds is 8. The Balaban J connectivity index is 3.87. The van der Waals surface area contributed by atoms with Crippen molar-refractivity contribution in [1.29, 1.82) is 0 Å². The molecule has 0 spiro atoms. The lowest BCUT2D eigenvalue weighted by atomic mass is 9.84. The molecule has 0 fully saturated rings. The zero-order valence-electron chi connectivity index (χ0n) is 10.4. The van der Waals surface area contributed by atoms with E-state index in [9.17, 15) is 0 Å². The second-order valence-corrected chi connectivity index (χ2v) is 5.12. The normalized spacial score (nSPS) is 15.9. The van der Waals surface area contributed by atoms with Crippen LogP contribution in [0.3, 0.4) is 0 Å².